The van der Waals surface area contributed by atoms with Crippen molar-refractivity contribution in [1.82, 2.24) is 26.2 Å². The highest BCUT2D eigenvalue weighted by Crippen LogP contribution is 2.48. The van der Waals surface area contributed by atoms with Gasteiger partial charge in [0, 0.05) is 19.1 Å². The summed E-state index contributed by atoms with van der Waals surface area (Å²) in [5, 5.41) is 10.9. The number of ether oxygens (including phenoxy) is 1. The Morgan fingerprint density at radius 1 is 1.02 bits per heavy atom. The molecular formula is C40H67N5O8S. The van der Waals surface area contributed by atoms with Crippen LogP contribution in [-0.4, -0.2) is 104 Å². The van der Waals surface area contributed by atoms with E-state index in [2.05, 4.69) is 41.7 Å². The third-order valence-electron chi connectivity index (χ3n) is 12.3. The van der Waals surface area contributed by atoms with Crippen LogP contribution in [0, 0.1) is 35.0 Å². The Balaban J connectivity index is 1.55. The number of hydrogen-bond donors (Lipinski definition) is 4. The summed E-state index contributed by atoms with van der Waals surface area (Å²) >= 11 is 0. The van der Waals surface area contributed by atoms with Crippen LogP contribution in [0.5, 0.6) is 0 Å². The third kappa shape index (κ3) is 11.1. The molecule has 2 heterocycles. The Kier molecular flexibility index (Phi) is 15.6. The molecule has 4 N–H and O–H groups in total. The molecule has 0 spiro atoms. The number of carbonyl (C=O) groups excluding carboxylic acids is 5. The zero-order valence-corrected chi connectivity index (χ0v) is 34.3. The van der Waals surface area contributed by atoms with Crippen LogP contribution < -0.4 is 21.3 Å². The van der Waals surface area contributed by atoms with E-state index < -0.39 is 62.3 Å². The van der Waals surface area contributed by atoms with Crippen molar-refractivity contribution in [3.05, 3.63) is 12.7 Å². The minimum Gasteiger partial charge on any atom is -0.379 e. The molecule has 2 saturated heterocycles. The molecule has 0 aromatic carbocycles. The number of carbonyl (C=O) groups is 5. The van der Waals surface area contributed by atoms with Gasteiger partial charge in [0.05, 0.1) is 30.3 Å². The highest BCUT2D eigenvalue weighted by molar-refractivity contribution is 7.92. The molecule has 306 valence electrons. The summed E-state index contributed by atoms with van der Waals surface area (Å²) < 4.78 is 31.2. The summed E-state index contributed by atoms with van der Waals surface area (Å²) in [6.45, 7) is 16.4. The second-order valence-electron chi connectivity index (χ2n) is 17.6. The number of amides is 5. The molecule has 9 atom stereocenters. The van der Waals surface area contributed by atoms with Crippen molar-refractivity contribution in [2.45, 2.75) is 142 Å². The van der Waals surface area contributed by atoms with Crippen LogP contribution in [0.4, 0.5) is 4.79 Å². The second-order valence-corrected chi connectivity index (χ2v) is 20.0. The lowest BCUT2D eigenvalue weighted by atomic mass is 9.85. The molecule has 9 unspecified atom stereocenters. The van der Waals surface area contributed by atoms with Gasteiger partial charge in [0.2, 0.25) is 17.6 Å². The van der Waals surface area contributed by atoms with Gasteiger partial charge >= 0.3 is 6.03 Å². The molecule has 14 heteroatoms. The van der Waals surface area contributed by atoms with E-state index in [4.69, 9.17) is 4.74 Å². The van der Waals surface area contributed by atoms with E-state index in [0.717, 1.165) is 44.9 Å². The van der Waals surface area contributed by atoms with Gasteiger partial charge in [-0.25, -0.2) is 13.2 Å². The van der Waals surface area contributed by atoms with Crippen molar-refractivity contribution in [2.24, 2.45) is 35.0 Å². The van der Waals surface area contributed by atoms with Crippen molar-refractivity contribution >= 4 is 39.4 Å². The van der Waals surface area contributed by atoms with Gasteiger partial charge < -0.3 is 30.9 Å². The summed E-state index contributed by atoms with van der Waals surface area (Å²) in [6.07, 6.45) is 9.55. The monoisotopic (exact) mass is 777 g/mol. The number of unbranched alkanes of at least 4 members (excludes halogenated alkanes) is 1. The molecule has 2 aliphatic heterocycles. The van der Waals surface area contributed by atoms with Crippen molar-refractivity contribution < 1.29 is 37.1 Å². The molecule has 0 aromatic heterocycles. The standard InChI is InChI=1S/C40H67N5O8S/c1-8-10-15-32(34(46)37(48)41-17-9-2)42-36(47)33-30-22-27(25(3)4)20-28(30)23-45(33)38(49)35(40(5,6)7)44-39(50)43-31-16-13-11-12-14-26(31)21-29-24-53-18-19-54(29,51)52/h9,25-33,35H,2,8,10-24H2,1,3-7H3,(H,41,48)(H,42,47)(H2,43,44,50). The number of ketones is 1. The van der Waals surface area contributed by atoms with Gasteiger partial charge in [0.1, 0.15) is 12.1 Å². The Morgan fingerprint density at radius 2 is 1.74 bits per heavy atom. The molecule has 13 nitrogen and oxygen atoms in total. The van der Waals surface area contributed by atoms with Crippen LogP contribution >= 0.6 is 0 Å². The van der Waals surface area contributed by atoms with Gasteiger partial charge in [-0.3, -0.25) is 19.2 Å². The van der Waals surface area contributed by atoms with Crippen molar-refractivity contribution in [3.63, 3.8) is 0 Å². The number of nitrogens with zero attached hydrogens (tertiary/aromatic N) is 1. The largest absolute Gasteiger partial charge is 0.379 e. The number of nitrogens with one attached hydrogen (secondary N) is 4. The molecule has 4 rings (SSSR count). The Morgan fingerprint density at radius 3 is 2.39 bits per heavy atom. The number of sulfone groups is 1. The van der Waals surface area contributed by atoms with Crippen LogP contribution in [0.1, 0.15) is 112 Å². The smallest absolute Gasteiger partial charge is 0.315 e. The Bertz CT molecular complexity index is 1460. The maximum Gasteiger partial charge on any atom is 0.315 e. The van der Waals surface area contributed by atoms with Crippen LogP contribution in [0.2, 0.25) is 0 Å². The van der Waals surface area contributed by atoms with E-state index in [1.165, 1.54) is 6.08 Å². The van der Waals surface area contributed by atoms with Crippen molar-refractivity contribution in [3.8, 4) is 0 Å². The minimum atomic E-state index is -3.28. The predicted molar refractivity (Wildman–Crippen MR) is 208 cm³/mol. The Labute approximate surface area is 323 Å². The Hall–Kier alpha value is -3.00. The first-order chi connectivity index (χ1) is 25.5. The zero-order chi connectivity index (χ0) is 39.8. The molecule has 0 radical (unpaired) electrons. The highest BCUT2D eigenvalue weighted by atomic mass is 32.2. The van der Waals surface area contributed by atoms with Gasteiger partial charge in [-0.1, -0.05) is 79.7 Å². The fourth-order valence-corrected chi connectivity index (χ4v) is 10.6. The maximum absolute atomic E-state index is 14.7. The molecule has 4 aliphatic rings. The average Bonchev–Trinajstić information content (AvgIpc) is 3.61. The SMILES string of the molecule is C=CCNC(=O)C(=O)C(CCCC)NC(=O)C1C2CC(C(C)C)CC2CN1C(=O)C(NC(=O)NC1CCCCCC1CC1COCCS1(=O)=O)C(C)(C)C. The van der Waals surface area contributed by atoms with Crippen LogP contribution in [-0.2, 0) is 33.8 Å². The van der Waals surface area contributed by atoms with Gasteiger partial charge in [0.15, 0.2) is 9.84 Å². The molecule has 2 saturated carbocycles. The van der Waals surface area contributed by atoms with E-state index >= 15 is 0 Å². The van der Waals surface area contributed by atoms with Crippen molar-refractivity contribution in [2.75, 3.05) is 32.1 Å². The number of fused-ring (bicyclic) bond motifs is 1. The number of rotatable bonds is 15. The quantitative estimate of drug-likeness (QED) is 0.110. The lowest BCUT2D eigenvalue weighted by Gasteiger charge is -2.37. The van der Waals surface area contributed by atoms with Gasteiger partial charge in [0.25, 0.3) is 5.91 Å². The number of hydrogen-bond acceptors (Lipinski definition) is 8. The third-order valence-corrected chi connectivity index (χ3v) is 14.4. The molecule has 54 heavy (non-hydrogen) atoms. The van der Waals surface area contributed by atoms with E-state index in [9.17, 15) is 32.4 Å². The summed E-state index contributed by atoms with van der Waals surface area (Å²) in [7, 11) is -3.28. The summed E-state index contributed by atoms with van der Waals surface area (Å²) in [4.78, 5) is 70.5. The predicted octanol–water partition coefficient (Wildman–Crippen LogP) is 3.91. The number of Topliss-reactive ketones (excluding diaryl/α,β-unsaturated/α-hetero) is 1. The van der Waals surface area contributed by atoms with Crippen molar-refractivity contribution in [1.29, 1.82) is 0 Å². The van der Waals surface area contributed by atoms with Crippen LogP contribution in [0.15, 0.2) is 12.7 Å². The average molecular weight is 778 g/mol. The van der Waals surface area contributed by atoms with Gasteiger partial charge in [-0.2, -0.15) is 0 Å². The molecule has 0 bridgehead atoms. The molecule has 5 amide bonds. The minimum absolute atomic E-state index is 0.00840. The first-order valence-corrected chi connectivity index (χ1v) is 22.1. The van der Waals surface area contributed by atoms with Crippen LogP contribution in [0.3, 0.4) is 0 Å². The summed E-state index contributed by atoms with van der Waals surface area (Å²) in [5.41, 5.74) is -0.729. The maximum atomic E-state index is 14.7. The molecular weight excluding hydrogens is 711 g/mol. The lowest BCUT2D eigenvalue weighted by Crippen LogP contribution is -2.61. The second kappa shape index (κ2) is 19.2. The fraction of sp³-hybridized carbons (Fsp3) is 0.825. The highest BCUT2D eigenvalue weighted by Gasteiger charge is 2.54. The van der Waals surface area contributed by atoms with Gasteiger partial charge in [-0.15, -0.1) is 6.58 Å². The summed E-state index contributed by atoms with van der Waals surface area (Å²) in [5.74, 6) is -1.63. The first-order valence-electron chi connectivity index (χ1n) is 20.4. The number of likely N-dealkylation sites (tertiary alicyclic amines) is 1. The molecule has 4 fully saturated rings. The first kappa shape index (κ1) is 43.7. The van der Waals surface area contributed by atoms with Gasteiger partial charge in [-0.05, 0) is 73.5 Å². The van der Waals surface area contributed by atoms with E-state index in [0.29, 0.717) is 44.1 Å². The van der Waals surface area contributed by atoms with Crippen LogP contribution in [0.25, 0.3) is 0 Å². The number of urea groups is 1. The van der Waals surface area contributed by atoms with E-state index in [1.807, 2.05) is 27.7 Å². The normalized spacial score (nSPS) is 29.3. The topological polar surface area (TPSA) is 180 Å². The lowest BCUT2D eigenvalue weighted by molar-refractivity contribution is -0.144. The van der Waals surface area contributed by atoms with E-state index in [-0.39, 0.29) is 55.2 Å². The fourth-order valence-electron chi connectivity index (χ4n) is 9.07. The molecule has 0 aromatic rings. The molecule has 2 aliphatic carbocycles. The zero-order valence-electron chi connectivity index (χ0n) is 33.5. The summed E-state index contributed by atoms with van der Waals surface area (Å²) in [6, 6.07) is -3.64. The van der Waals surface area contributed by atoms with E-state index in [1.54, 1.807) is 4.90 Å².